The van der Waals surface area contributed by atoms with E-state index in [-0.39, 0.29) is 28.0 Å². The topological polar surface area (TPSA) is 65.3 Å². The maximum Gasteiger partial charge on any atom is 0.573 e. The molecule has 1 aliphatic rings. The highest BCUT2D eigenvalue weighted by atomic mass is 32.1. The van der Waals surface area contributed by atoms with Crippen molar-refractivity contribution in [2.75, 3.05) is 5.32 Å². The van der Waals surface area contributed by atoms with Gasteiger partial charge in [-0.15, -0.1) is 13.2 Å². The van der Waals surface area contributed by atoms with Crippen LogP contribution in [0.25, 0.3) is 0 Å². The van der Waals surface area contributed by atoms with Crippen molar-refractivity contribution in [1.82, 2.24) is 0 Å². The van der Waals surface area contributed by atoms with Gasteiger partial charge in [0.25, 0.3) is 0 Å². The van der Waals surface area contributed by atoms with E-state index in [2.05, 4.69) is 10.1 Å². The number of thiocarbonyl (C=S) groups is 1. The van der Waals surface area contributed by atoms with Crippen LogP contribution in [0.2, 0.25) is 0 Å². The highest BCUT2D eigenvalue weighted by Crippen LogP contribution is 2.36. The van der Waals surface area contributed by atoms with E-state index in [0.717, 1.165) is 25.0 Å². The number of anilines is 1. The van der Waals surface area contributed by atoms with Crippen LogP contribution < -0.4 is 10.1 Å². The summed E-state index contributed by atoms with van der Waals surface area (Å²) in [4.78, 5) is 0.0244. The molecular formula is C14H11F3N2O2S. The smallest absolute Gasteiger partial charge is 0.511 e. The van der Waals surface area contributed by atoms with Gasteiger partial charge in [-0.05, 0) is 37.1 Å². The third kappa shape index (κ3) is 4.36. The van der Waals surface area contributed by atoms with E-state index in [0.29, 0.717) is 5.69 Å². The Hall–Kier alpha value is -2.27. The molecule has 2 rings (SSSR count). The number of hydrogen-bond donors (Lipinski definition) is 2. The summed E-state index contributed by atoms with van der Waals surface area (Å²) in [5, 5.41) is 21.6. The first kappa shape index (κ1) is 16.1. The number of nitrogens with one attached hydrogen (secondary N) is 1. The number of nitrogens with zero attached hydrogens (tertiary/aromatic N) is 1. The number of rotatable bonds is 4. The number of alkyl halides is 3. The summed E-state index contributed by atoms with van der Waals surface area (Å²) >= 11 is 5.04. The minimum Gasteiger partial charge on any atom is -0.511 e. The molecule has 1 aromatic carbocycles. The fraction of sp³-hybridized carbons (Fsp3) is 0.286. The zero-order chi connectivity index (χ0) is 16.3. The molecule has 22 heavy (non-hydrogen) atoms. The lowest BCUT2D eigenvalue weighted by Gasteiger charge is -2.11. The molecule has 0 radical (unpaired) electrons. The van der Waals surface area contributed by atoms with E-state index in [1.165, 1.54) is 12.1 Å². The number of nitriles is 1. The summed E-state index contributed by atoms with van der Waals surface area (Å²) in [7, 11) is 0. The normalized spacial score (nSPS) is 15.5. The third-order valence-electron chi connectivity index (χ3n) is 2.90. The molecule has 0 aliphatic heterocycles. The van der Waals surface area contributed by atoms with Crippen LogP contribution in [0.4, 0.5) is 18.9 Å². The monoisotopic (exact) mass is 328 g/mol. The Morgan fingerprint density at radius 3 is 2.36 bits per heavy atom. The van der Waals surface area contributed by atoms with Crippen molar-refractivity contribution in [1.29, 1.82) is 5.26 Å². The van der Waals surface area contributed by atoms with Gasteiger partial charge < -0.3 is 15.2 Å². The Bertz CT molecular complexity index is 644. The van der Waals surface area contributed by atoms with E-state index in [4.69, 9.17) is 17.5 Å². The van der Waals surface area contributed by atoms with Crippen molar-refractivity contribution < 1.29 is 23.0 Å². The molecular weight excluding hydrogens is 317 g/mol. The van der Waals surface area contributed by atoms with Gasteiger partial charge in [0.1, 0.15) is 28.1 Å². The van der Waals surface area contributed by atoms with Gasteiger partial charge in [0, 0.05) is 11.6 Å². The fourth-order valence-electron chi connectivity index (χ4n) is 1.72. The van der Waals surface area contributed by atoms with Crippen molar-refractivity contribution in [2.45, 2.75) is 19.2 Å². The Morgan fingerprint density at radius 1 is 1.32 bits per heavy atom. The molecule has 1 fully saturated rings. The highest BCUT2D eigenvalue weighted by Gasteiger charge is 2.31. The third-order valence-corrected chi connectivity index (χ3v) is 3.21. The average molecular weight is 328 g/mol. The van der Waals surface area contributed by atoms with E-state index in [9.17, 15) is 18.3 Å². The maximum atomic E-state index is 12.0. The number of aliphatic hydroxyl groups excluding tert-OH is 1. The van der Waals surface area contributed by atoms with E-state index >= 15 is 0 Å². The van der Waals surface area contributed by atoms with Crippen molar-refractivity contribution >= 4 is 22.9 Å². The lowest BCUT2D eigenvalue weighted by atomic mass is 10.2. The molecule has 0 amide bonds. The van der Waals surface area contributed by atoms with Crippen LogP contribution in [0, 0.1) is 17.2 Å². The lowest BCUT2D eigenvalue weighted by molar-refractivity contribution is -0.274. The molecule has 8 heteroatoms. The van der Waals surface area contributed by atoms with Crippen molar-refractivity contribution in [2.24, 2.45) is 5.92 Å². The molecule has 116 valence electrons. The van der Waals surface area contributed by atoms with Gasteiger partial charge in [-0.3, -0.25) is 0 Å². The predicted octanol–water partition coefficient (Wildman–Crippen LogP) is 4.07. The second-order valence-electron chi connectivity index (χ2n) is 4.67. The zero-order valence-electron chi connectivity index (χ0n) is 11.1. The number of aliphatic hydroxyl groups is 1. The Morgan fingerprint density at radius 2 is 1.91 bits per heavy atom. The Balaban J connectivity index is 2.06. The highest BCUT2D eigenvalue weighted by molar-refractivity contribution is 7.81. The van der Waals surface area contributed by atoms with Crippen LogP contribution in [0.5, 0.6) is 5.75 Å². The van der Waals surface area contributed by atoms with E-state index in [1.807, 2.05) is 6.07 Å². The molecule has 0 saturated heterocycles. The summed E-state index contributed by atoms with van der Waals surface area (Å²) < 4.78 is 39.9. The van der Waals surface area contributed by atoms with Gasteiger partial charge in [-0.25, -0.2) is 0 Å². The standard InChI is InChI=1S/C14H11F3N2O2S/c15-14(16,17)21-10-5-3-9(4-6-10)19-13(22)11(7-18)12(20)8-1-2-8/h3-6,8,20H,1-2H2,(H,19,22)/b12-11-. The maximum absolute atomic E-state index is 12.0. The van der Waals surface area contributed by atoms with Crippen LogP contribution in [-0.4, -0.2) is 16.5 Å². The molecule has 0 atom stereocenters. The van der Waals surface area contributed by atoms with Gasteiger partial charge >= 0.3 is 6.36 Å². The molecule has 4 nitrogen and oxygen atoms in total. The number of halogens is 3. The molecule has 0 unspecified atom stereocenters. The van der Waals surface area contributed by atoms with Crippen molar-refractivity contribution in [3.8, 4) is 11.8 Å². The minimum atomic E-state index is -4.75. The summed E-state index contributed by atoms with van der Waals surface area (Å²) in [6.07, 6.45) is -3.14. The van der Waals surface area contributed by atoms with E-state index in [1.54, 1.807) is 0 Å². The first-order chi connectivity index (χ1) is 10.3. The number of allylic oxidation sites excluding steroid dienone is 1. The van der Waals surface area contributed by atoms with Crippen LogP contribution in [0.1, 0.15) is 12.8 Å². The molecule has 1 saturated carbocycles. The second kappa shape index (κ2) is 6.23. The quantitative estimate of drug-likeness (QED) is 0.377. The average Bonchev–Trinajstić information content (AvgIpc) is 3.24. The van der Waals surface area contributed by atoms with Crippen molar-refractivity contribution in [3.63, 3.8) is 0 Å². The van der Waals surface area contributed by atoms with Crippen LogP contribution >= 0.6 is 12.2 Å². The Labute approximate surface area is 129 Å². The number of hydrogen-bond acceptors (Lipinski definition) is 4. The molecule has 1 aliphatic carbocycles. The van der Waals surface area contributed by atoms with Crippen molar-refractivity contribution in [3.05, 3.63) is 35.6 Å². The van der Waals surface area contributed by atoms with Gasteiger partial charge in [-0.1, -0.05) is 12.2 Å². The number of benzene rings is 1. The summed E-state index contributed by atoms with van der Waals surface area (Å²) in [5.74, 6) is -0.435. The Kier molecular flexibility index (Phi) is 4.56. The van der Waals surface area contributed by atoms with Crippen LogP contribution in [-0.2, 0) is 0 Å². The molecule has 0 spiro atoms. The summed E-state index contributed by atoms with van der Waals surface area (Å²) in [5.41, 5.74) is 0.365. The molecule has 0 aromatic heterocycles. The fourth-order valence-corrected chi connectivity index (χ4v) is 1.99. The summed E-state index contributed by atoms with van der Waals surface area (Å²) in [6, 6.07) is 6.74. The predicted molar refractivity (Wildman–Crippen MR) is 77.3 cm³/mol. The number of ether oxygens (including phenoxy) is 1. The zero-order valence-corrected chi connectivity index (χ0v) is 12.0. The molecule has 1 aromatic rings. The first-order valence-corrected chi connectivity index (χ1v) is 6.71. The van der Waals surface area contributed by atoms with Gasteiger partial charge in [0.05, 0.1) is 0 Å². The van der Waals surface area contributed by atoms with Gasteiger partial charge in [0.2, 0.25) is 0 Å². The van der Waals surface area contributed by atoms with Crippen LogP contribution in [0.15, 0.2) is 35.6 Å². The molecule has 2 N–H and O–H groups in total. The first-order valence-electron chi connectivity index (χ1n) is 6.30. The largest absolute Gasteiger partial charge is 0.573 e. The van der Waals surface area contributed by atoms with E-state index < -0.39 is 6.36 Å². The van der Waals surface area contributed by atoms with Gasteiger partial charge in [0.15, 0.2) is 0 Å². The molecule has 0 bridgehead atoms. The SMILES string of the molecule is N#C/C(C(=S)Nc1ccc(OC(F)(F)F)cc1)=C(/O)C1CC1. The molecule has 0 heterocycles. The van der Waals surface area contributed by atoms with Gasteiger partial charge in [-0.2, -0.15) is 5.26 Å². The lowest BCUT2D eigenvalue weighted by Crippen LogP contribution is -2.17. The second-order valence-corrected chi connectivity index (χ2v) is 5.08. The summed E-state index contributed by atoms with van der Waals surface area (Å²) in [6.45, 7) is 0. The van der Waals surface area contributed by atoms with Crippen LogP contribution in [0.3, 0.4) is 0 Å². The minimum absolute atomic E-state index is 0.0203.